The van der Waals surface area contributed by atoms with Crippen molar-refractivity contribution in [3.05, 3.63) is 27.6 Å². The average molecular weight is 186 g/mol. The predicted octanol–water partition coefficient (Wildman–Crippen LogP) is 0.970. The summed E-state index contributed by atoms with van der Waals surface area (Å²) < 4.78 is 1.21. The van der Waals surface area contributed by atoms with E-state index in [-0.39, 0.29) is 16.7 Å². The third-order valence-corrected chi connectivity index (χ3v) is 1.44. The number of hydrogen-bond donors (Lipinski definition) is 1. The van der Waals surface area contributed by atoms with Crippen LogP contribution in [-0.4, -0.2) is 9.55 Å². The fourth-order valence-electron chi connectivity index (χ4n) is 0.779. The number of nitrogen functional groups attached to an aromatic ring is 1. The van der Waals surface area contributed by atoms with Gasteiger partial charge in [0.2, 0.25) is 5.95 Å². The highest BCUT2D eigenvalue weighted by atomic mass is 35.5. The Bertz CT molecular complexity index is 369. The van der Waals surface area contributed by atoms with Crippen LogP contribution in [0.2, 0.25) is 5.15 Å². The van der Waals surface area contributed by atoms with Crippen molar-refractivity contribution in [2.24, 2.45) is 0 Å². The van der Waals surface area contributed by atoms with Gasteiger partial charge in [0.15, 0.2) is 0 Å². The van der Waals surface area contributed by atoms with Gasteiger partial charge in [-0.05, 0) is 6.92 Å². The molecule has 0 aliphatic carbocycles. The molecule has 0 radical (unpaired) electrons. The lowest BCUT2D eigenvalue weighted by Gasteiger charge is -2.01. The highest BCUT2D eigenvalue weighted by Gasteiger charge is 1.99. The largest absolute Gasteiger partial charge is 0.369 e. The molecule has 0 aliphatic heterocycles. The van der Waals surface area contributed by atoms with E-state index in [1.807, 2.05) is 0 Å². The van der Waals surface area contributed by atoms with E-state index in [2.05, 4.69) is 4.98 Å². The van der Waals surface area contributed by atoms with Crippen LogP contribution in [0.4, 0.5) is 5.95 Å². The standard InChI is InChI=1S/C7H8ClN3O/c1-2-3-11-6(12)4-5(8)10-7(11)9/h2-4H,1H3,(H2,9,10)/b3-2-. The zero-order valence-corrected chi connectivity index (χ0v) is 7.25. The zero-order chi connectivity index (χ0) is 9.14. The molecule has 0 atom stereocenters. The van der Waals surface area contributed by atoms with Crippen molar-refractivity contribution in [1.29, 1.82) is 0 Å². The lowest BCUT2D eigenvalue weighted by atomic mass is 10.6. The van der Waals surface area contributed by atoms with Crippen LogP contribution >= 0.6 is 11.6 Å². The molecule has 0 saturated heterocycles. The Labute approximate surface area is 74.3 Å². The van der Waals surface area contributed by atoms with Gasteiger partial charge in [0.1, 0.15) is 5.15 Å². The summed E-state index contributed by atoms with van der Waals surface area (Å²) in [5.74, 6) is 0.0885. The van der Waals surface area contributed by atoms with Crippen LogP contribution < -0.4 is 11.3 Å². The summed E-state index contributed by atoms with van der Waals surface area (Å²) >= 11 is 5.49. The van der Waals surface area contributed by atoms with E-state index in [0.717, 1.165) is 0 Å². The number of rotatable bonds is 1. The second-order valence-electron chi connectivity index (χ2n) is 2.13. The minimum atomic E-state index is -0.286. The van der Waals surface area contributed by atoms with E-state index in [1.54, 1.807) is 13.0 Å². The van der Waals surface area contributed by atoms with Gasteiger partial charge in [-0.1, -0.05) is 17.7 Å². The van der Waals surface area contributed by atoms with Crippen molar-refractivity contribution in [1.82, 2.24) is 9.55 Å². The van der Waals surface area contributed by atoms with Crippen molar-refractivity contribution < 1.29 is 0 Å². The fourth-order valence-corrected chi connectivity index (χ4v) is 0.959. The number of anilines is 1. The van der Waals surface area contributed by atoms with Crippen molar-refractivity contribution in [2.45, 2.75) is 6.92 Å². The topological polar surface area (TPSA) is 60.9 Å². The normalized spacial score (nSPS) is 10.8. The average Bonchev–Trinajstić information content (AvgIpc) is 1.96. The van der Waals surface area contributed by atoms with Crippen LogP contribution in [0.15, 0.2) is 16.9 Å². The molecule has 4 nitrogen and oxygen atoms in total. The first-order valence-corrected chi connectivity index (χ1v) is 3.70. The van der Waals surface area contributed by atoms with Gasteiger partial charge in [-0.15, -0.1) is 0 Å². The molecule has 12 heavy (non-hydrogen) atoms. The first-order valence-electron chi connectivity index (χ1n) is 3.32. The van der Waals surface area contributed by atoms with Gasteiger partial charge in [0, 0.05) is 12.3 Å². The Morgan fingerprint density at radius 2 is 2.42 bits per heavy atom. The molecule has 1 aromatic rings. The molecule has 0 unspecified atom stereocenters. The van der Waals surface area contributed by atoms with Gasteiger partial charge in [-0.25, -0.2) is 4.98 Å². The maximum absolute atomic E-state index is 11.2. The monoisotopic (exact) mass is 185 g/mol. The lowest BCUT2D eigenvalue weighted by molar-refractivity contribution is 1.01. The number of nitrogens with two attached hydrogens (primary N) is 1. The summed E-state index contributed by atoms with van der Waals surface area (Å²) in [6.45, 7) is 1.78. The van der Waals surface area contributed by atoms with E-state index in [1.165, 1.54) is 16.8 Å². The molecule has 1 rings (SSSR count). The fraction of sp³-hybridized carbons (Fsp3) is 0.143. The quantitative estimate of drug-likeness (QED) is 0.664. The Morgan fingerprint density at radius 3 is 2.92 bits per heavy atom. The first kappa shape index (κ1) is 8.80. The van der Waals surface area contributed by atoms with Gasteiger partial charge in [-0.2, -0.15) is 0 Å². The third kappa shape index (κ3) is 1.65. The Balaban J connectivity index is 3.38. The summed E-state index contributed by atoms with van der Waals surface area (Å²) in [4.78, 5) is 14.9. The van der Waals surface area contributed by atoms with Crippen LogP contribution in [0.5, 0.6) is 0 Å². The molecule has 64 valence electrons. The highest BCUT2D eigenvalue weighted by molar-refractivity contribution is 6.29. The Hall–Kier alpha value is -1.29. The number of allylic oxidation sites excluding steroid dienone is 1. The van der Waals surface area contributed by atoms with Gasteiger partial charge in [0.25, 0.3) is 5.56 Å². The minimum Gasteiger partial charge on any atom is -0.369 e. The molecule has 0 amide bonds. The van der Waals surface area contributed by atoms with Crippen molar-refractivity contribution >= 4 is 23.7 Å². The Kier molecular flexibility index (Phi) is 2.50. The zero-order valence-electron chi connectivity index (χ0n) is 6.49. The summed E-state index contributed by atoms with van der Waals surface area (Å²) in [6, 6.07) is 1.21. The smallest absolute Gasteiger partial charge is 0.260 e. The van der Waals surface area contributed by atoms with Crippen LogP contribution in [0, 0.1) is 0 Å². The van der Waals surface area contributed by atoms with Crippen molar-refractivity contribution in [2.75, 3.05) is 5.73 Å². The SMILES string of the molecule is C/C=C\n1c(N)nc(Cl)cc1=O. The number of aromatic nitrogens is 2. The van der Waals surface area contributed by atoms with E-state index in [4.69, 9.17) is 17.3 Å². The van der Waals surface area contributed by atoms with Crippen molar-refractivity contribution in [3.63, 3.8) is 0 Å². The molecule has 2 N–H and O–H groups in total. The summed E-state index contributed by atoms with van der Waals surface area (Å²) in [7, 11) is 0. The molecular formula is C7H8ClN3O. The molecule has 0 aliphatic rings. The number of halogens is 1. The lowest BCUT2D eigenvalue weighted by Crippen LogP contribution is -2.19. The van der Waals surface area contributed by atoms with E-state index < -0.39 is 0 Å². The van der Waals surface area contributed by atoms with Crippen molar-refractivity contribution in [3.8, 4) is 0 Å². The maximum atomic E-state index is 11.2. The molecule has 1 heterocycles. The van der Waals surface area contributed by atoms with Gasteiger partial charge in [0.05, 0.1) is 0 Å². The van der Waals surface area contributed by atoms with E-state index >= 15 is 0 Å². The number of hydrogen-bond acceptors (Lipinski definition) is 3. The second-order valence-corrected chi connectivity index (χ2v) is 2.51. The molecule has 0 saturated carbocycles. The molecule has 0 aromatic carbocycles. The molecule has 0 spiro atoms. The van der Waals surface area contributed by atoms with Gasteiger partial charge < -0.3 is 5.73 Å². The molecule has 1 aromatic heterocycles. The summed E-state index contributed by atoms with van der Waals surface area (Å²) in [5, 5.41) is 0.109. The van der Waals surface area contributed by atoms with Crippen LogP contribution in [0.1, 0.15) is 6.92 Å². The molecule has 5 heteroatoms. The van der Waals surface area contributed by atoms with Gasteiger partial charge >= 0.3 is 0 Å². The second kappa shape index (κ2) is 3.40. The van der Waals surface area contributed by atoms with E-state index in [0.29, 0.717) is 0 Å². The summed E-state index contributed by atoms with van der Waals surface area (Å²) in [5.41, 5.74) is 5.14. The molecule has 0 bridgehead atoms. The first-order chi connectivity index (χ1) is 5.65. The predicted molar refractivity (Wildman–Crippen MR) is 48.9 cm³/mol. The summed E-state index contributed by atoms with van der Waals surface area (Å²) in [6.07, 6.45) is 3.22. The number of nitrogens with zero attached hydrogens (tertiary/aromatic N) is 2. The van der Waals surface area contributed by atoms with Crippen LogP contribution in [-0.2, 0) is 0 Å². The van der Waals surface area contributed by atoms with Crippen LogP contribution in [0.25, 0.3) is 6.20 Å². The van der Waals surface area contributed by atoms with Gasteiger partial charge in [-0.3, -0.25) is 9.36 Å². The third-order valence-electron chi connectivity index (χ3n) is 1.25. The molecule has 0 fully saturated rings. The Morgan fingerprint density at radius 1 is 1.75 bits per heavy atom. The van der Waals surface area contributed by atoms with Crippen LogP contribution in [0.3, 0.4) is 0 Å². The minimum absolute atomic E-state index is 0.0885. The van der Waals surface area contributed by atoms with E-state index in [9.17, 15) is 4.79 Å². The molecular weight excluding hydrogens is 178 g/mol. The maximum Gasteiger partial charge on any atom is 0.260 e. The highest BCUT2D eigenvalue weighted by Crippen LogP contribution is 2.03.